The van der Waals surface area contributed by atoms with E-state index in [-0.39, 0.29) is 37.5 Å². The van der Waals surface area contributed by atoms with Gasteiger partial charge in [-0.25, -0.2) is 0 Å². The molecule has 6 nitrogen and oxygen atoms in total. The van der Waals surface area contributed by atoms with E-state index < -0.39 is 6.10 Å². The lowest BCUT2D eigenvalue weighted by Gasteiger charge is -2.18. The van der Waals surface area contributed by atoms with Crippen LogP contribution in [0.25, 0.3) is 0 Å². The van der Waals surface area contributed by atoms with E-state index in [2.05, 4.69) is 130 Å². The highest BCUT2D eigenvalue weighted by Gasteiger charge is 2.19. The molecule has 0 saturated carbocycles. The van der Waals surface area contributed by atoms with Gasteiger partial charge in [-0.3, -0.25) is 14.4 Å². The van der Waals surface area contributed by atoms with Gasteiger partial charge in [-0.15, -0.1) is 0 Å². The van der Waals surface area contributed by atoms with E-state index >= 15 is 0 Å². The third-order valence-electron chi connectivity index (χ3n) is 12.7. The maximum Gasteiger partial charge on any atom is 0.306 e. The molecule has 0 aromatic heterocycles. The molecule has 0 aliphatic rings. The van der Waals surface area contributed by atoms with Crippen LogP contribution < -0.4 is 0 Å². The molecule has 0 amide bonds. The first kappa shape index (κ1) is 69.1. The first-order valence-electron chi connectivity index (χ1n) is 30.4. The zero-order chi connectivity index (χ0) is 52.9. The van der Waals surface area contributed by atoms with Gasteiger partial charge in [0.05, 0.1) is 0 Å². The van der Waals surface area contributed by atoms with Crippen molar-refractivity contribution in [2.45, 2.75) is 284 Å². The summed E-state index contributed by atoms with van der Waals surface area (Å²) in [6, 6.07) is 0. The number of hydrogen-bond donors (Lipinski definition) is 0. The van der Waals surface area contributed by atoms with Crippen molar-refractivity contribution in [1.29, 1.82) is 0 Å². The Balaban J connectivity index is 4.52. The number of ether oxygens (including phenoxy) is 3. The number of carbonyl (C=O) groups excluding carboxylic acids is 3. The van der Waals surface area contributed by atoms with Crippen molar-refractivity contribution in [3.05, 3.63) is 109 Å². The molecular formula is C67H112O6. The molecule has 0 rings (SSSR count). The Morgan fingerprint density at radius 1 is 0.274 bits per heavy atom. The van der Waals surface area contributed by atoms with Crippen LogP contribution in [-0.2, 0) is 28.6 Å². The molecule has 0 aromatic rings. The Hall–Kier alpha value is -3.93. The molecule has 0 aliphatic heterocycles. The smallest absolute Gasteiger partial charge is 0.306 e. The van der Waals surface area contributed by atoms with E-state index in [0.29, 0.717) is 19.3 Å². The first-order chi connectivity index (χ1) is 36.0. The quantitative estimate of drug-likeness (QED) is 0.0261. The second-order valence-electron chi connectivity index (χ2n) is 19.9. The molecule has 0 radical (unpaired) electrons. The molecule has 0 heterocycles. The largest absolute Gasteiger partial charge is 0.462 e. The SMILES string of the molecule is CCCCC/C=C\C/C=C\C/C=C\C/C=C\CCCCCC(=O)OC[C@H](COC(=O)CCCCCCCCCCC/C=C\C/C=C\CCCCC)OC(=O)CCC/C=C\C/C=C\C/C=C\CCCCCCCC. The van der Waals surface area contributed by atoms with Crippen LogP contribution in [0.1, 0.15) is 278 Å². The van der Waals surface area contributed by atoms with Crippen LogP contribution in [0, 0.1) is 0 Å². The molecule has 0 fully saturated rings. The Bertz CT molecular complexity index is 1490. The van der Waals surface area contributed by atoms with E-state index in [1.165, 1.54) is 141 Å². The zero-order valence-electron chi connectivity index (χ0n) is 47.6. The minimum Gasteiger partial charge on any atom is -0.462 e. The van der Waals surface area contributed by atoms with Crippen molar-refractivity contribution in [2.24, 2.45) is 0 Å². The third-order valence-corrected chi connectivity index (χ3v) is 12.7. The highest BCUT2D eigenvalue weighted by molar-refractivity contribution is 5.71. The molecule has 73 heavy (non-hydrogen) atoms. The fourth-order valence-electron chi connectivity index (χ4n) is 8.12. The number of hydrogen-bond acceptors (Lipinski definition) is 6. The molecule has 1 atom stereocenters. The summed E-state index contributed by atoms with van der Waals surface area (Å²) < 4.78 is 16.8. The van der Waals surface area contributed by atoms with Gasteiger partial charge in [-0.1, -0.05) is 239 Å². The van der Waals surface area contributed by atoms with Gasteiger partial charge in [0.15, 0.2) is 6.10 Å². The van der Waals surface area contributed by atoms with Gasteiger partial charge >= 0.3 is 17.9 Å². The number of unbranched alkanes of at least 4 members (excludes halogenated alkanes) is 25. The van der Waals surface area contributed by atoms with E-state index in [1.807, 2.05) is 0 Å². The summed E-state index contributed by atoms with van der Waals surface area (Å²) in [4.78, 5) is 38.2. The monoisotopic (exact) mass is 1010 g/mol. The Morgan fingerprint density at radius 2 is 0.507 bits per heavy atom. The van der Waals surface area contributed by atoms with Crippen LogP contribution in [0.15, 0.2) is 109 Å². The van der Waals surface area contributed by atoms with Crippen molar-refractivity contribution >= 4 is 17.9 Å². The van der Waals surface area contributed by atoms with Gasteiger partial charge < -0.3 is 14.2 Å². The lowest BCUT2D eigenvalue weighted by Crippen LogP contribution is -2.30. The molecule has 0 unspecified atom stereocenters. The summed E-state index contributed by atoms with van der Waals surface area (Å²) in [6.07, 6.45) is 82.3. The van der Waals surface area contributed by atoms with Gasteiger partial charge in [-0.2, -0.15) is 0 Å². The zero-order valence-corrected chi connectivity index (χ0v) is 47.6. The second-order valence-corrected chi connectivity index (χ2v) is 19.9. The summed E-state index contributed by atoms with van der Waals surface area (Å²) in [6.45, 7) is 6.52. The van der Waals surface area contributed by atoms with Crippen LogP contribution >= 0.6 is 0 Å². The van der Waals surface area contributed by atoms with Gasteiger partial charge in [0, 0.05) is 19.3 Å². The number of esters is 3. The molecule has 0 aromatic carbocycles. The predicted molar refractivity (Wildman–Crippen MR) is 316 cm³/mol. The lowest BCUT2D eigenvalue weighted by molar-refractivity contribution is -0.167. The topological polar surface area (TPSA) is 78.9 Å². The van der Waals surface area contributed by atoms with Crippen LogP contribution in [0.5, 0.6) is 0 Å². The Labute approximate surface area is 450 Å². The molecule has 0 aliphatic carbocycles. The highest BCUT2D eigenvalue weighted by Crippen LogP contribution is 2.14. The Morgan fingerprint density at radius 3 is 0.849 bits per heavy atom. The van der Waals surface area contributed by atoms with Crippen LogP contribution in [0.4, 0.5) is 0 Å². The van der Waals surface area contributed by atoms with E-state index in [4.69, 9.17) is 14.2 Å². The standard InChI is InChI=1S/C67H112O6/c1-4-7-10-13-16-19-22-25-28-31-33-36-38-41-44-47-50-53-56-59-65(68)71-62-64(73-67(70)61-58-55-52-49-46-43-40-35-30-27-24-21-18-15-12-9-6-3)63-72-66(69)60-57-54-51-48-45-42-39-37-34-32-29-26-23-20-17-14-11-8-5-2/h16-17,19-20,25-30,33,36,40-41,43-44,49,52,64H,4-15,18,21-24,31-32,34-35,37-39,42,45-48,50-51,53-63H2,1-3H3/b19-16-,20-17-,28-25-,29-26-,30-27-,36-33-,43-40-,44-41-,52-49-/t64-/m1/s1. The average molecular weight is 1010 g/mol. The van der Waals surface area contributed by atoms with Crippen LogP contribution in [-0.4, -0.2) is 37.2 Å². The molecular weight excluding hydrogens is 901 g/mol. The van der Waals surface area contributed by atoms with Gasteiger partial charge in [-0.05, 0) is 128 Å². The van der Waals surface area contributed by atoms with E-state index in [9.17, 15) is 14.4 Å². The van der Waals surface area contributed by atoms with E-state index in [1.54, 1.807) is 0 Å². The predicted octanol–water partition coefficient (Wildman–Crippen LogP) is 20.7. The van der Waals surface area contributed by atoms with Gasteiger partial charge in [0.1, 0.15) is 13.2 Å². The average Bonchev–Trinajstić information content (AvgIpc) is 3.39. The maximum atomic E-state index is 12.9. The summed E-state index contributed by atoms with van der Waals surface area (Å²) in [5.41, 5.74) is 0. The lowest BCUT2D eigenvalue weighted by atomic mass is 10.1. The maximum absolute atomic E-state index is 12.9. The normalized spacial score (nSPS) is 12.9. The number of carbonyl (C=O) groups is 3. The van der Waals surface area contributed by atoms with Crippen molar-refractivity contribution in [3.63, 3.8) is 0 Å². The summed E-state index contributed by atoms with van der Waals surface area (Å²) in [5, 5.41) is 0. The van der Waals surface area contributed by atoms with Crippen molar-refractivity contribution in [2.75, 3.05) is 13.2 Å². The molecule has 0 N–H and O–H groups in total. The first-order valence-corrected chi connectivity index (χ1v) is 30.4. The highest BCUT2D eigenvalue weighted by atomic mass is 16.6. The van der Waals surface area contributed by atoms with Gasteiger partial charge in [0.2, 0.25) is 0 Å². The summed E-state index contributed by atoms with van der Waals surface area (Å²) >= 11 is 0. The third kappa shape index (κ3) is 58.8. The molecule has 0 bridgehead atoms. The fourth-order valence-corrected chi connectivity index (χ4v) is 8.12. The molecule has 6 heteroatoms. The van der Waals surface area contributed by atoms with Crippen LogP contribution in [0.2, 0.25) is 0 Å². The minimum absolute atomic E-state index is 0.112. The molecule has 0 saturated heterocycles. The van der Waals surface area contributed by atoms with E-state index in [0.717, 1.165) is 89.9 Å². The molecule has 0 spiro atoms. The summed E-state index contributed by atoms with van der Waals surface area (Å²) in [7, 11) is 0. The Kier molecular flexibility index (Phi) is 57.4. The van der Waals surface area contributed by atoms with Crippen LogP contribution in [0.3, 0.4) is 0 Å². The second kappa shape index (κ2) is 60.6. The fraction of sp³-hybridized carbons (Fsp3) is 0.687. The van der Waals surface area contributed by atoms with Gasteiger partial charge in [0.25, 0.3) is 0 Å². The minimum atomic E-state index is -0.823. The summed E-state index contributed by atoms with van der Waals surface area (Å²) in [5.74, 6) is -0.997. The molecule has 416 valence electrons. The number of rotatable bonds is 54. The van der Waals surface area contributed by atoms with Crippen molar-refractivity contribution < 1.29 is 28.6 Å². The van der Waals surface area contributed by atoms with Crippen molar-refractivity contribution in [1.82, 2.24) is 0 Å². The van der Waals surface area contributed by atoms with Crippen molar-refractivity contribution in [3.8, 4) is 0 Å². The number of allylic oxidation sites excluding steroid dienone is 18.